The van der Waals surface area contributed by atoms with Gasteiger partial charge in [-0.1, -0.05) is 54.6 Å². The lowest BCUT2D eigenvalue weighted by Gasteiger charge is -2.12. The predicted molar refractivity (Wildman–Crippen MR) is 130 cm³/mol. The Morgan fingerprint density at radius 3 is 2.43 bits per heavy atom. The molecule has 0 fully saturated rings. The first-order valence-electron chi connectivity index (χ1n) is 11.4. The predicted octanol–water partition coefficient (Wildman–Crippen LogP) is 2.91. The van der Waals surface area contributed by atoms with Gasteiger partial charge in [0.2, 0.25) is 5.91 Å². The Balaban J connectivity index is 1.21. The maximum absolute atomic E-state index is 13.1. The fourth-order valence-corrected chi connectivity index (χ4v) is 3.60. The van der Waals surface area contributed by atoms with Gasteiger partial charge in [0.05, 0.1) is 19.1 Å². The fourth-order valence-electron chi connectivity index (χ4n) is 3.60. The molecule has 180 valence electrons. The Labute approximate surface area is 202 Å². The molecule has 8 nitrogen and oxygen atoms in total. The minimum absolute atomic E-state index is 0.0175. The third-order valence-electron chi connectivity index (χ3n) is 5.52. The molecule has 3 aromatic carbocycles. The standard InChI is InChI=1S/C26H27FN6O2/c27-22-10-6-20(7-11-22)18-33-25(30-31-32-33)16-26(35)29-23-12-8-19(9-13-23)14-15-28-17-24(34)21-4-2-1-3-5-21/h1-13,24,28,34H,14-18H2,(H,29,35)/t24-/m0/s1. The van der Waals surface area contributed by atoms with Crippen molar-refractivity contribution in [2.24, 2.45) is 0 Å². The Kier molecular flexibility index (Phi) is 8.26. The van der Waals surface area contributed by atoms with Crippen molar-refractivity contribution in [1.82, 2.24) is 25.5 Å². The highest BCUT2D eigenvalue weighted by molar-refractivity contribution is 5.91. The van der Waals surface area contributed by atoms with Crippen molar-refractivity contribution in [2.75, 3.05) is 18.4 Å². The number of aliphatic hydroxyl groups excluding tert-OH is 1. The molecule has 0 unspecified atom stereocenters. The van der Waals surface area contributed by atoms with Crippen molar-refractivity contribution in [2.45, 2.75) is 25.5 Å². The van der Waals surface area contributed by atoms with Crippen molar-refractivity contribution in [3.63, 3.8) is 0 Å². The largest absolute Gasteiger partial charge is 0.387 e. The monoisotopic (exact) mass is 474 g/mol. The minimum Gasteiger partial charge on any atom is -0.387 e. The first kappa shape index (κ1) is 24.2. The van der Waals surface area contributed by atoms with Crippen LogP contribution in [0.5, 0.6) is 0 Å². The van der Waals surface area contributed by atoms with Gasteiger partial charge in [0, 0.05) is 12.2 Å². The van der Waals surface area contributed by atoms with Gasteiger partial charge < -0.3 is 15.7 Å². The molecule has 1 amide bonds. The van der Waals surface area contributed by atoms with E-state index in [-0.39, 0.29) is 18.1 Å². The lowest BCUT2D eigenvalue weighted by molar-refractivity contribution is -0.115. The summed E-state index contributed by atoms with van der Waals surface area (Å²) in [5.41, 5.74) is 3.53. The normalized spacial score (nSPS) is 11.8. The molecule has 0 spiro atoms. The van der Waals surface area contributed by atoms with Crippen LogP contribution in [0.1, 0.15) is 28.6 Å². The third kappa shape index (κ3) is 7.26. The van der Waals surface area contributed by atoms with Crippen LogP contribution in [0.15, 0.2) is 78.9 Å². The summed E-state index contributed by atoms with van der Waals surface area (Å²) < 4.78 is 14.6. The van der Waals surface area contributed by atoms with E-state index in [2.05, 4.69) is 26.2 Å². The van der Waals surface area contributed by atoms with Crippen molar-refractivity contribution in [3.8, 4) is 0 Å². The van der Waals surface area contributed by atoms with Crippen LogP contribution in [0.2, 0.25) is 0 Å². The number of amides is 1. The fraction of sp³-hybridized carbons (Fsp3) is 0.231. The van der Waals surface area contributed by atoms with Gasteiger partial charge in [0.15, 0.2) is 5.82 Å². The van der Waals surface area contributed by atoms with Gasteiger partial charge in [-0.3, -0.25) is 4.79 Å². The molecule has 1 heterocycles. The molecule has 0 aliphatic rings. The zero-order chi connectivity index (χ0) is 24.5. The number of rotatable bonds is 11. The van der Waals surface area contributed by atoms with Gasteiger partial charge >= 0.3 is 0 Å². The summed E-state index contributed by atoms with van der Waals surface area (Å²) in [6, 6.07) is 23.3. The number of hydrogen-bond acceptors (Lipinski definition) is 6. The Morgan fingerprint density at radius 2 is 1.69 bits per heavy atom. The van der Waals surface area contributed by atoms with E-state index in [9.17, 15) is 14.3 Å². The average molecular weight is 475 g/mol. The topological polar surface area (TPSA) is 105 Å². The highest BCUT2D eigenvalue weighted by atomic mass is 19.1. The summed E-state index contributed by atoms with van der Waals surface area (Å²) >= 11 is 0. The number of nitrogens with zero attached hydrogens (tertiary/aromatic N) is 4. The van der Waals surface area contributed by atoms with Crippen LogP contribution >= 0.6 is 0 Å². The van der Waals surface area contributed by atoms with Gasteiger partial charge in [0.25, 0.3) is 0 Å². The maximum Gasteiger partial charge on any atom is 0.232 e. The van der Waals surface area contributed by atoms with E-state index in [1.807, 2.05) is 54.6 Å². The second kappa shape index (κ2) is 12.0. The molecule has 4 rings (SSSR count). The van der Waals surface area contributed by atoms with E-state index in [1.165, 1.54) is 16.8 Å². The molecule has 0 aliphatic carbocycles. The van der Waals surface area contributed by atoms with E-state index < -0.39 is 6.10 Å². The summed E-state index contributed by atoms with van der Waals surface area (Å²) in [6.45, 7) is 1.56. The SMILES string of the molecule is O=C(Cc1nnnn1Cc1ccc(F)cc1)Nc1ccc(CCNC[C@H](O)c2ccccc2)cc1. The molecule has 0 aliphatic heterocycles. The number of nitrogens with one attached hydrogen (secondary N) is 2. The molecule has 1 atom stereocenters. The van der Waals surface area contributed by atoms with E-state index in [1.54, 1.807) is 12.1 Å². The highest BCUT2D eigenvalue weighted by Crippen LogP contribution is 2.13. The summed E-state index contributed by atoms with van der Waals surface area (Å²) in [6.07, 6.45) is 0.280. The number of aromatic nitrogens is 4. The van der Waals surface area contributed by atoms with Crippen molar-refractivity contribution < 1.29 is 14.3 Å². The van der Waals surface area contributed by atoms with Gasteiger partial charge in [-0.05, 0) is 64.3 Å². The average Bonchev–Trinajstić information content (AvgIpc) is 3.30. The van der Waals surface area contributed by atoms with Crippen LogP contribution in [0, 0.1) is 5.82 Å². The third-order valence-corrected chi connectivity index (χ3v) is 5.52. The molecule has 0 saturated heterocycles. The number of aliphatic hydroxyl groups is 1. The zero-order valence-electron chi connectivity index (χ0n) is 19.1. The smallest absolute Gasteiger partial charge is 0.232 e. The van der Waals surface area contributed by atoms with Crippen LogP contribution in [-0.2, 0) is 24.2 Å². The second-order valence-electron chi connectivity index (χ2n) is 8.18. The maximum atomic E-state index is 13.1. The summed E-state index contributed by atoms with van der Waals surface area (Å²) in [5, 5.41) is 27.9. The number of benzene rings is 3. The van der Waals surface area contributed by atoms with Gasteiger partial charge in [-0.2, -0.15) is 0 Å². The van der Waals surface area contributed by atoms with E-state index >= 15 is 0 Å². The first-order valence-corrected chi connectivity index (χ1v) is 11.4. The highest BCUT2D eigenvalue weighted by Gasteiger charge is 2.12. The summed E-state index contributed by atoms with van der Waals surface area (Å²) in [7, 11) is 0. The number of carbonyl (C=O) groups is 1. The molecule has 0 radical (unpaired) electrons. The van der Waals surface area contributed by atoms with Crippen molar-refractivity contribution in [3.05, 3.63) is 107 Å². The van der Waals surface area contributed by atoms with Crippen LogP contribution in [0.25, 0.3) is 0 Å². The molecular weight excluding hydrogens is 447 g/mol. The second-order valence-corrected chi connectivity index (χ2v) is 8.18. The summed E-state index contributed by atoms with van der Waals surface area (Å²) in [5.74, 6) is -0.120. The van der Waals surface area contributed by atoms with Crippen LogP contribution < -0.4 is 10.6 Å². The Hall–Kier alpha value is -3.95. The molecular formula is C26H27FN6O2. The molecule has 4 aromatic rings. The minimum atomic E-state index is -0.537. The molecule has 35 heavy (non-hydrogen) atoms. The number of tetrazole rings is 1. The van der Waals surface area contributed by atoms with Gasteiger partial charge in [-0.25, -0.2) is 9.07 Å². The molecule has 0 saturated carbocycles. The summed E-state index contributed by atoms with van der Waals surface area (Å²) in [4.78, 5) is 12.5. The zero-order valence-corrected chi connectivity index (χ0v) is 19.1. The molecule has 3 N–H and O–H groups in total. The number of hydrogen-bond donors (Lipinski definition) is 3. The van der Waals surface area contributed by atoms with E-state index in [0.717, 1.165) is 29.7 Å². The number of halogens is 1. The Morgan fingerprint density at radius 1 is 0.971 bits per heavy atom. The van der Waals surface area contributed by atoms with Crippen molar-refractivity contribution in [1.29, 1.82) is 0 Å². The van der Waals surface area contributed by atoms with Crippen LogP contribution in [-0.4, -0.2) is 44.3 Å². The van der Waals surface area contributed by atoms with Crippen LogP contribution in [0.4, 0.5) is 10.1 Å². The molecule has 0 bridgehead atoms. The van der Waals surface area contributed by atoms with Gasteiger partial charge in [-0.15, -0.1) is 5.10 Å². The molecule has 9 heteroatoms. The number of anilines is 1. The molecule has 1 aromatic heterocycles. The van der Waals surface area contributed by atoms with Crippen molar-refractivity contribution >= 4 is 11.6 Å². The van der Waals surface area contributed by atoms with E-state index in [4.69, 9.17) is 0 Å². The quantitative estimate of drug-likeness (QED) is 0.289. The van der Waals surface area contributed by atoms with E-state index in [0.29, 0.717) is 24.6 Å². The lowest BCUT2D eigenvalue weighted by atomic mass is 10.1. The number of carbonyl (C=O) groups excluding carboxylic acids is 1. The Bertz CT molecular complexity index is 1210. The lowest BCUT2D eigenvalue weighted by Crippen LogP contribution is -2.23. The van der Waals surface area contributed by atoms with Crippen LogP contribution in [0.3, 0.4) is 0 Å². The van der Waals surface area contributed by atoms with Gasteiger partial charge in [0.1, 0.15) is 5.82 Å². The first-order chi connectivity index (χ1) is 17.1.